The molecule has 0 bridgehead atoms. The van der Waals surface area contributed by atoms with E-state index in [0.29, 0.717) is 6.42 Å². The number of rotatable bonds is 54. The van der Waals surface area contributed by atoms with Crippen LogP contribution in [0.1, 0.15) is 322 Å². The van der Waals surface area contributed by atoms with Crippen molar-refractivity contribution >= 4 is 13.7 Å². The first kappa shape index (κ1) is 63.3. The minimum Gasteiger partial charge on any atom is -0.387 e. The normalized spacial score (nSPS) is 13.0. The maximum Gasteiger partial charge on any atom is 0.469 e. The number of nitrogens with one attached hydrogen (secondary N) is 1. The van der Waals surface area contributed by atoms with Gasteiger partial charge in [-0.05, 0) is 19.3 Å². The molecule has 64 heavy (non-hydrogen) atoms. The number of carbonyl (C=O) groups excluding carboxylic acids is 1. The van der Waals surface area contributed by atoms with E-state index in [2.05, 4.69) is 23.7 Å². The van der Waals surface area contributed by atoms with Gasteiger partial charge in [0.15, 0.2) is 0 Å². The zero-order chi connectivity index (χ0) is 46.7. The average Bonchev–Trinajstić information content (AvgIpc) is 3.27. The highest BCUT2D eigenvalue weighted by Gasteiger charge is 2.24. The van der Waals surface area contributed by atoms with Crippen LogP contribution in [0.25, 0.3) is 0 Å². The number of unbranched alkanes of at least 4 members (excludes halogenated alkanes) is 45. The van der Waals surface area contributed by atoms with Gasteiger partial charge in [0.25, 0.3) is 0 Å². The number of amides is 1. The lowest BCUT2D eigenvalue weighted by molar-refractivity contribution is -0.123. The van der Waals surface area contributed by atoms with E-state index in [0.717, 1.165) is 38.5 Å². The van der Waals surface area contributed by atoms with Gasteiger partial charge in [-0.2, -0.15) is 0 Å². The van der Waals surface area contributed by atoms with Gasteiger partial charge in [-0.15, -0.1) is 0 Å². The third kappa shape index (κ3) is 52.3. The lowest BCUT2D eigenvalue weighted by Gasteiger charge is -2.22. The highest BCUT2D eigenvalue weighted by molar-refractivity contribution is 7.46. The van der Waals surface area contributed by atoms with Crippen molar-refractivity contribution in [2.75, 3.05) is 6.61 Å². The van der Waals surface area contributed by atoms with E-state index in [1.807, 2.05) is 6.08 Å². The number of hydrogen-bond donors (Lipinski definition) is 4. The summed E-state index contributed by atoms with van der Waals surface area (Å²) in [4.78, 5) is 31.0. The van der Waals surface area contributed by atoms with E-state index in [-0.39, 0.29) is 5.91 Å². The fourth-order valence-corrected chi connectivity index (χ4v) is 9.53. The van der Waals surface area contributed by atoms with Crippen molar-refractivity contribution in [1.29, 1.82) is 0 Å². The summed E-state index contributed by atoms with van der Waals surface area (Å²) in [5, 5.41) is 13.5. The van der Waals surface area contributed by atoms with Crippen molar-refractivity contribution in [1.82, 2.24) is 5.32 Å². The van der Waals surface area contributed by atoms with Crippen LogP contribution in [-0.4, -0.2) is 39.6 Å². The summed E-state index contributed by atoms with van der Waals surface area (Å²) < 4.78 is 16.0. The van der Waals surface area contributed by atoms with Gasteiger partial charge in [0.05, 0.1) is 18.8 Å². The fraction of sp³-hybridized carbons (Fsp3) is 0.946. The molecule has 0 saturated heterocycles. The van der Waals surface area contributed by atoms with Crippen molar-refractivity contribution < 1.29 is 28.8 Å². The summed E-state index contributed by atoms with van der Waals surface area (Å²) in [7, 11) is -4.72. The third-order valence-electron chi connectivity index (χ3n) is 13.5. The molecule has 0 aliphatic rings. The Hall–Kier alpha value is -0.720. The Kier molecular flexibility index (Phi) is 51.1. The first-order chi connectivity index (χ1) is 31.3. The van der Waals surface area contributed by atoms with E-state index in [4.69, 9.17) is 0 Å². The number of aliphatic hydroxyl groups is 1. The second-order valence-corrected chi connectivity index (χ2v) is 21.2. The van der Waals surface area contributed by atoms with Crippen molar-refractivity contribution in [2.24, 2.45) is 0 Å². The summed E-state index contributed by atoms with van der Waals surface area (Å²) in [6.07, 6.45) is 65.9. The van der Waals surface area contributed by atoms with Gasteiger partial charge >= 0.3 is 7.82 Å². The summed E-state index contributed by atoms with van der Waals surface area (Å²) in [5.41, 5.74) is 0. The topological polar surface area (TPSA) is 116 Å². The number of allylic oxidation sites excluding steroid dienone is 1. The largest absolute Gasteiger partial charge is 0.469 e. The monoisotopic (exact) mass is 926 g/mol. The van der Waals surface area contributed by atoms with Crippen LogP contribution >= 0.6 is 7.82 Å². The summed E-state index contributed by atoms with van der Waals surface area (Å²) >= 11 is 0. The molecule has 0 aromatic carbocycles. The molecule has 0 aromatic rings. The number of carbonyl (C=O) groups is 1. The minimum atomic E-state index is -4.72. The number of hydrogen-bond acceptors (Lipinski definition) is 4. The molecule has 0 heterocycles. The molecule has 0 saturated carbocycles. The number of phosphoric acid groups is 1. The predicted octanol–water partition coefficient (Wildman–Crippen LogP) is 18.3. The summed E-state index contributed by atoms with van der Waals surface area (Å²) in [6.45, 7) is 4.11. The van der Waals surface area contributed by atoms with Gasteiger partial charge in [0, 0.05) is 6.42 Å². The Morgan fingerprint density at radius 3 is 0.953 bits per heavy atom. The fourth-order valence-electron chi connectivity index (χ4n) is 9.17. The summed E-state index contributed by atoms with van der Waals surface area (Å²) in [6, 6.07) is -0.906. The van der Waals surface area contributed by atoms with Gasteiger partial charge in [0.2, 0.25) is 5.91 Å². The van der Waals surface area contributed by atoms with Gasteiger partial charge in [0.1, 0.15) is 0 Å². The highest BCUT2D eigenvalue weighted by Crippen LogP contribution is 2.36. The van der Waals surface area contributed by atoms with Gasteiger partial charge < -0.3 is 20.2 Å². The van der Waals surface area contributed by atoms with Gasteiger partial charge in [-0.3, -0.25) is 9.32 Å². The number of aliphatic hydroxyl groups excluding tert-OH is 1. The van der Waals surface area contributed by atoms with E-state index < -0.39 is 26.6 Å². The maximum absolute atomic E-state index is 12.7. The number of phosphoric ester groups is 1. The Morgan fingerprint density at radius 2 is 0.688 bits per heavy atom. The molecule has 0 unspecified atom stereocenters. The Labute approximate surface area is 399 Å². The Morgan fingerprint density at radius 1 is 0.438 bits per heavy atom. The second-order valence-electron chi connectivity index (χ2n) is 20.0. The Bertz CT molecular complexity index is 1000. The summed E-state index contributed by atoms with van der Waals surface area (Å²) in [5.74, 6) is -0.219. The van der Waals surface area contributed by atoms with Crippen LogP contribution in [0.5, 0.6) is 0 Å². The molecule has 0 radical (unpaired) electrons. The van der Waals surface area contributed by atoms with E-state index >= 15 is 0 Å². The van der Waals surface area contributed by atoms with Crippen molar-refractivity contribution in [2.45, 2.75) is 334 Å². The lowest BCUT2D eigenvalue weighted by Crippen LogP contribution is -2.45. The van der Waals surface area contributed by atoms with Crippen LogP contribution in [-0.2, 0) is 13.9 Å². The third-order valence-corrected chi connectivity index (χ3v) is 14.0. The molecule has 7 nitrogen and oxygen atoms in total. The standard InChI is InChI=1S/C56H112NO6P/c1-3-5-7-9-11-13-15-17-18-19-20-21-22-23-24-25-26-27-28-29-30-31-32-33-34-35-36-37-38-40-42-44-46-48-50-52-56(59)57-54(53-63-64(60,61)62)55(58)51-49-47-45-43-41-39-16-14-12-10-8-6-4-2/h49,51,54-55,58H,3-48,50,52-53H2,1-2H3,(H,57,59)(H2,60,61,62)/b51-49+/t54-,55+/m0/s1. The zero-order valence-corrected chi connectivity index (χ0v) is 43.9. The van der Waals surface area contributed by atoms with Crippen LogP contribution in [0.15, 0.2) is 12.2 Å². The van der Waals surface area contributed by atoms with Crippen molar-refractivity contribution in [3.05, 3.63) is 12.2 Å². The average molecular weight is 926 g/mol. The SMILES string of the molecule is CCCCCCCCCCCCC/C=C/[C@@H](O)[C@H](COP(=O)(O)O)NC(=O)CCCCCCCCCCCCCCCCCCCCCCCCCCCCCCCCCCCCC. The van der Waals surface area contributed by atoms with Gasteiger partial charge in [-0.1, -0.05) is 309 Å². The molecule has 4 N–H and O–H groups in total. The van der Waals surface area contributed by atoms with Gasteiger partial charge in [-0.25, -0.2) is 4.57 Å². The molecule has 0 aliphatic carbocycles. The van der Waals surface area contributed by atoms with Crippen LogP contribution in [0.4, 0.5) is 0 Å². The van der Waals surface area contributed by atoms with Crippen LogP contribution in [0.2, 0.25) is 0 Å². The van der Waals surface area contributed by atoms with Crippen molar-refractivity contribution in [3.63, 3.8) is 0 Å². The molecule has 382 valence electrons. The second kappa shape index (κ2) is 51.7. The lowest BCUT2D eigenvalue weighted by atomic mass is 10.0. The molecular weight excluding hydrogens is 814 g/mol. The zero-order valence-electron chi connectivity index (χ0n) is 43.0. The van der Waals surface area contributed by atoms with Crippen LogP contribution in [0.3, 0.4) is 0 Å². The molecule has 2 atom stereocenters. The smallest absolute Gasteiger partial charge is 0.387 e. The first-order valence-electron chi connectivity index (χ1n) is 28.6. The molecule has 0 fully saturated rings. The molecule has 0 rings (SSSR count). The Balaban J connectivity index is 3.60. The molecule has 0 aliphatic heterocycles. The first-order valence-corrected chi connectivity index (χ1v) is 30.2. The van der Waals surface area contributed by atoms with E-state index in [1.54, 1.807) is 6.08 Å². The molecule has 0 aromatic heterocycles. The molecular formula is C56H112NO6P. The van der Waals surface area contributed by atoms with E-state index in [9.17, 15) is 24.3 Å². The van der Waals surface area contributed by atoms with E-state index in [1.165, 1.54) is 263 Å². The quantitative estimate of drug-likeness (QED) is 0.0274. The van der Waals surface area contributed by atoms with Crippen LogP contribution in [0, 0.1) is 0 Å². The minimum absolute atomic E-state index is 0.219. The molecule has 0 spiro atoms. The predicted molar refractivity (Wildman–Crippen MR) is 278 cm³/mol. The van der Waals surface area contributed by atoms with Crippen molar-refractivity contribution in [3.8, 4) is 0 Å². The molecule has 8 heteroatoms. The maximum atomic E-state index is 12.7. The molecule has 1 amide bonds. The van der Waals surface area contributed by atoms with Crippen LogP contribution < -0.4 is 5.32 Å². The highest BCUT2D eigenvalue weighted by atomic mass is 31.2.